The van der Waals surface area contributed by atoms with Crippen LogP contribution in [0.5, 0.6) is 11.5 Å². The Kier molecular flexibility index (Phi) is 11.6. The standard InChI is InChI=1S/C31H38ClN3O6S/c1-6-7-18-33-31(37)23(3)34(20-24-10-13-26(40-4)14-11-24)30(36)21-35(25-12-17-29(41-5)28(32)19-25)42(38,39)27-15-8-22(2)9-16-27/h8-17,19,23H,6-7,18,20-21H2,1-5H3,(H,33,37)/t23-/m1/s1. The van der Waals surface area contributed by atoms with Crippen molar-refractivity contribution in [1.29, 1.82) is 0 Å². The third-order valence-corrected chi connectivity index (χ3v) is 8.90. The number of hydrogen-bond acceptors (Lipinski definition) is 6. The zero-order valence-corrected chi connectivity index (χ0v) is 26.2. The number of hydrogen-bond donors (Lipinski definition) is 1. The lowest BCUT2D eigenvalue weighted by atomic mass is 10.1. The minimum Gasteiger partial charge on any atom is -0.497 e. The lowest BCUT2D eigenvalue weighted by Gasteiger charge is -2.32. The molecule has 42 heavy (non-hydrogen) atoms. The van der Waals surface area contributed by atoms with Crippen LogP contribution in [-0.2, 0) is 26.2 Å². The van der Waals surface area contributed by atoms with Crippen LogP contribution in [0.2, 0.25) is 5.02 Å². The van der Waals surface area contributed by atoms with Crippen molar-refractivity contribution in [1.82, 2.24) is 10.2 Å². The van der Waals surface area contributed by atoms with Crippen LogP contribution in [0.25, 0.3) is 0 Å². The van der Waals surface area contributed by atoms with Crippen LogP contribution in [0.1, 0.15) is 37.8 Å². The van der Waals surface area contributed by atoms with Gasteiger partial charge in [-0.15, -0.1) is 0 Å². The SMILES string of the molecule is CCCCNC(=O)[C@@H](C)N(Cc1ccc(OC)cc1)C(=O)CN(c1ccc(OC)c(Cl)c1)S(=O)(=O)c1ccc(C)cc1. The smallest absolute Gasteiger partial charge is 0.264 e. The Morgan fingerprint density at radius 3 is 2.21 bits per heavy atom. The summed E-state index contributed by atoms with van der Waals surface area (Å²) < 4.78 is 39.4. The molecule has 0 spiro atoms. The first-order chi connectivity index (χ1) is 20.0. The van der Waals surface area contributed by atoms with E-state index >= 15 is 0 Å². The molecule has 3 rings (SSSR count). The van der Waals surface area contributed by atoms with Crippen LogP contribution in [-0.4, -0.2) is 58.5 Å². The first-order valence-electron chi connectivity index (χ1n) is 13.6. The van der Waals surface area contributed by atoms with Crippen LogP contribution >= 0.6 is 11.6 Å². The van der Waals surface area contributed by atoms with Crippen molar-refractivity contribution in [2.75, 3.05) is 31.6 Å². The zero-order chi connectivity index (χ0) is 30.9. The van der Waals surface area contributed by atoms with Gasteiger partial charge in [-0.2, -0.15) is 0 Å². The summed E-state index contributed by atoms with van der Waals surface area (Å²) in [6, 6.07) is 17.1. The third kappa shape index (κ3) is 8.17. The van der Waals surface area contributed by atoms with Crippen molar-refractivity contribution in [3.63, 3.8) is 0 Å². The first-order valence-corrected chi connectivity index (χ1v) is 15.5. The van der Waals surface area contributed by atoms with Crippen LogP contribution in [0, 0.1) is 6.92 Å². The molecule has 0 heterocycles. The highest BCUT2D eigenvalue weighted by Gasteiger charge is 2.32. The Balaban J connectivity index is 2.03. The Morgan fingerprint density at radius 1 is 0.976 bits per heavy atom. The predicted molar refractivity (Wildman–Crippen MR) is 165 cm³/mol. The Hall–Kier alpha value is -3.76. The molecule has 0 aliphatic rings. The molecule has 1 atom stereocenters. The van der Waals surface area contributed by atoms with Crippen LogP contribution in [0.15, 0.2) is 71.6 Å². The molecule has 1 N–H and O–H groups in total. The number of methoxy groups -OCH3 is 2. The number of anilines is 1. The summed E-state index contributed by atoms with van der Waals surface area (Å²) in [5.41, 5.74) is 1.81. The monoisotopic (exact) mass is 615 g/mol. The molecular formula is C31H38ClN3O6S. The summed E-state index contributed by atoms with van der Waals surface area (Å²) in [6.07, 6.45) is 1.70. The quantitative estimate of drug-likeness (QED) is 0.250. The van der Waals surface area contributed by atoms with E-state index in [0.717, 1.165) is 28.3 Å². The van der Waals surface area contributed by atoms with Crippen molar-refractivity contribution >= 4 is 39.1 Å². The van der Waals surface area contributed by atoms with Crippen molar-refractivity contribution in [2.45, 2.75) is 51.1 Å². The molecule has 9 nitrogen and oxygen atoms in total. The number of nitrogens with zero attached hydrogens (tertiary/aromatic N) is 2. The molecule has 0 aliphatic carbocycles. The molecule has 3 aromatic rings. The van der Waals surface area contributed by atoms with Crippen molar-refractivity contribution in [3.8, 4) is 11.5 Å². The van der Waals surface area contributed by atoms with Crippen molar-refractivity contribution in [2.24, 2.45) is 0 Å². The van der Waals surface area contributed by atoms with Crippen LogP contribution < -0.4 is 19.1 Å². The number of sulfonamides is 1. The van der Waals surface area contributed by atoms with Gasteiger partial charge in [-0.3, -0.25) is 13.9 Å². The van der Waals surface area contributed by atoms with Crippen LogP contribution in [0.3, 0.4) is 0 Å². The number of nitrogens with one attached hydrogen (secondary N) is 1. The van der Waals surface area contributed by atoms with E-state index < -0.39 is 28.5 Å². The summed E-state index contributed by atoms with van der Waals surface area (Å²) in [5, 5.41) is 3.06. The summed E-state index contributed by atoms with van der Waals surface area (Å²) in [6.45, 7) is 5.48. The maximum atomic E-state index is 14.0. The van der Waals surface area contributed by atoms with Gasteiger partial charge in [-0.05, 0) is 68.3 Å². The summed E-state index contributed by atoms with van der Waals surface area (Å²) in [5.74, 6) is 0.115. The minimum atomic E-state index is -4.21. The highest BCUT2D eigenvalue weighted by Crippen LogP contribution is 2.32. The predicted octanol–water partition coefficient (Wildman–Crippen LogP) is 5.19. The number of aryl methyl sites for hydroxylation is 1. The largest absolute Gasteiger partial charge is 0.497 e. The second kappa shape index (κ2) is 14.9. The van der Waals surface area contributed by atoms with Gasteiger partial charge in [-0.1, -0.05) is 54.8 Å². The molecule has 0 unspecified atom stereocenters. The van der Waals surface area contributed by atoms with Gasteiger partial charge in [0, 0.05) is 13.1 Å². The van der Waals surface area contributed by atoms with E-state index in [-0.39, 0.29) is 28.1 Å². The summed E-state index contributed by atoms with van der Waals surface area (Å²) in [4.78, 5) is 28.5. The fraction of sp³-hybridized carbons (Fsp3) is 0.355. The van der Waals surface area contributed by atoms with Crippen molar-refractivity contribution < 1.29 is 27.5 Å². The Morgan fingerprint density at radius 2 is 1.64 bits per heavy atom. The second-order valence-electron chi connectivity index (χ2n) is 9.83. The molecule has 2 amide bonds. The maximum Gasteiger partial charge on any atom is 0.264 e. The Bertz CT molecular complexity index is 1460. The number of amides is 2. The average molecular weight is 616 g/mol. The highest BCUT2D eigenvalue weighted by atomic mass is 35.5. The molecule has 0 saturated carbocycles. The van der Waals surface area contributed by atoms with Gasteiger partial charge in [0.25, 0.3) is 10.0 Å². The van der Waals surface area contributed by atoms with Gasteiger partial charge in [0.1, 0.15) is 24.1 Å². The number of carbonyl (C=O) groups excluding carboxylic acids is 2. The lowest BCUT2D eigenvalue weighted by Crippen LogP contribution is -2.51. The molecule has 0 aromatic heterocycles. The van der Waals surface area contributed by atoms with E-state index in [1.165, 1.54) is 36.3 Å². The number of ether oxygens (including phenoxy) is 2. The number of benzene rings is 3. The first kappa shape index (κ1) is 32.8. The van der Waals surface area contributed by atoms with Gasteiger partial charge in [0.05, 0.1) is 29.8 Å². The average Bonchev–Trinajstić information content (AvgIpc) is 2.98. The Labute approximate surface area is 253 Å². The number of halogens is 1. The van der Waals surface area contributed by atoms with Crippen molar-refractivity contribution in [3.05, 3.63) is 82.9 Å². The van der Waals surface area contributed by atoms with Gasteiger partial charge in [0.15, 0.2) is 0 Å². The highest BCUT2D eigenvalue weighted by molar-refractivity contribution is 7.92. The molecule has 0 bridgehead atoms. The molecule has 226 valence electrons. The van der Waals surface area contributed by atoms with Gasteiger partial charge < -0.3 is 19.7 Å². The van der Waals surface area contributed by atoms with E-state index in [1.54, 1.807) is 56.5 Å². The topological polar surface area (TPSA) is 105 Å². The van der Waals surface area contributed by atoms with E-state index in [2.05, 4.69) is 5.32 Å². The number of rotatable bonds is 14. The van der Waals surface area contributed by atoms with Gasteiger partial charge in [-0.25, -0.2) is 8.42 Å². The maximum absolute atomic E-state index is 14.0. The molecule has 0 saturated heterocycles. The molecule has 3 aromatic carbocycles. The fourth-order valence-electron chi connectivity index (χ4n) is 4.22. The van der Waals surface area contributed by atoms with E-state index in [4.69, 9.17) is 21.1 Å². The normalized spacial score (nSPS) is 11.9. The van der Waals surface area contributed by atoms with E-state index in [0.29, 0.717) is 18.0 Å². The number of unbranched alkanes of at least 4 members (excludes halogenated alkanes) is 1. The summed E-state index contributed by atoms with van der Waals surface area (Å²) >= 11 is 6.37. The molecular weight excluding hydrogens is 578 g/mol. The molecule has 0 radical (unpaired) electrons. The second-order valence-corrected chi connectivity index (χ2v) is 12.1. The number of carbonyl (C=O) groups is 2. The van der Waals surface area contributed by atoms with Gasteiger partial charge >= 0.3 is 0 Å². The lowest BCUT2D eigenvalue weighted by molar-refractivity contribution is -0.139. The zero-order valence-electron chi connectivity index (χ0n) is 24.6. The van der Waals surface area contributed by atoms with Crippen LogP contribution in [0.4, 0.5) is 5.69 Å². The summed E-state index contributed by atoms with van der Waals surface area (Å²) in [7, 11) is -1.20. The molecule has 0 fully saturated rings. The minimum absolute atomic E-state index is 0.0138. The molecule has 11 heteroatoms. The third-order valence-electron chi connectivity index (χ3n) is 6.82. The van der Waals surface area contributed by atoms with Gasteiger partial charge in [0.2, 0.25) is 11.8 Å². The van der Waals surface area contributed by atoms with E-state index in [9.17, 15) is 18.0 Å². The van der Waals surface area contributed by atoms with E-state index in [1.807, 2.05) is 13.8 Å². The fourth-order valence-corrected chi connectivity index (χ4v) is 5.88. The molecule has 0 aliphatic heterocycles.